The van der Waals surface area contributed by atoms with Crippen LogP contribution < -0.4 is 0 Å². The van der Waals surface area contributed by atoms with Crippen molar-refractivity contribution in [3.05, 3.63) is 42.5 Å². The van der Waals surface area contributed by atoms with Gasteiger partial charge >= 0.3 is 5.97 Å². The van der Waals surface area contributed by atoms with Crippen molar-refractivity contribution in [3.8, 4) is 0 Å². The van der Waals surface area contributed by atoms with E-state index in [9.17, 15) is 13.2 Å². The maximum absolute atomic E-state index is 12.7. The molecular weight excluding hydrogens is 276 g/mol. The number of methoxy groups -OCH3 is 1. The molecule has 0 aromatic heterocycles. The van der Waals surface area contributed by atoms with E-state index in [4.69, 9.17) is 4.74 Å². The summed E-state index contributed by atoms with van der Waals surface area (Å²) in [6.07, 6.45) is 6.26. The number of rotatable bonds is 4. The molecule has 0 fully saturated rings. The topological polar surface area (TPSA) is 60.4 Å². The van der Waals surface area contributed by atoms with Crippen LogP contribution in [0.1, 0.15) is 19.3 Å². The molecule has 1 aromatic rings. The fraction of sp³-hybridized carbons (Fsp3) is 0.400. The molecule has 5 heteroatoms. The molecule has 20 heavy (non-hydrogen) atoms. The third kappa shape index (κ3) is 2.93. The van der Waals surface area contributed by atoms with Gasteiger partial charge in [0.05, 0.1) is 12.0 Å². The molecule has 0 radical (unpaired) electrons. The normalized spacial score (nSPS) is 20.4. The van der Waals surface area contributed by atoms with Gasteiger partial charge in [-0.3, -0.25) is 4.79 Å². The fourth-order valence-corrected chi connectivity index (χ4v) is 4.36. The van der Waals surface area contributed by atoms with Gasteiger partial charge in [0.15, 0.2) is 15.1 Å². The summed E-state index contributed by atoms with van der Waals surface area (Å²) in [5.41, 5.74) is 0. The Balaban J connectivity index is 2.43. The third-order valence-electron chi connectivity index (χ3n) is 3.52. The van der Waals surface area contributed by atoms with Gasteiger partial charge in [-0.1, -0.05) is 30.4 Å². The van der Waals surface area contributed by atoms with Crippen LogP contribution in [0.3, 0.4) is 0 Å². The van der Waals surface area contributed by atoms with E-state index >= 15 is 0 Å². The van der Waals surface area contributed by atoms with Crippen LogP contribution in [0.5, 0.6) is 0 Å². The SMILES string of the molecule is COC(=O)C(C1C=CCCC1)S(=O)(=O)c1ccccc1. The number of esters is 1. The Morgan fingerprint density at radius 2 is 2.00 bits per heavy atom. The monoisotopic (exact) mass is 294 g/mol. The molecule has 0 heterocycles. The van der Waals surface area contributed by atoms with Crippen molar-refractivity contribution in [2.24, 2.45) is 5.92 Å². The van der Waals surface area contributed by atoms with Gasteiger partial charge in [-0.25, -0.2) is 8.42 Å². The van der Waals surface area contributed by atoms with Crippen molar-refractivity contribution in [1.82, 2.24) is 0 Å². The molecule has 0 amide bonds. The molecule has 2 unspecified atom stereocenters. The van der Waals surface area contributed by atoms with Gasteiger partial charge in [0.1, 0.15) is 0 Å². The van der Waals surface area contributed by atoms with E-state index in [0.29, 0.717) is 6.42 Å². The van der Waals surface area contributed by atoms with E-state index in [1.807, 2.05) is 12.2 Å². The van der Waals surface area contributed by atoms with Gasteiger partial charge < -0.3 is 4.74 Å². The van der Waals surface area contributed by atoms with Crippen molar-refractivity contribution in [1.29, 1.82) is 0 Å². The number of benzene rings is 1. The van der Waals surface area contributed by atoms with Crippen LogP contribution in [-0.2, 0) is 19.4 Å². The Hall–Kier alpha value is -1.62. The van der Waals surface area contributed by atoms with E-state index in [0.717, 1.165) is 12.8 Å². The predicted octanol–water partition coefficient (Wildman–Crippen LogP) is 2.36. The van der Waals surface area contributed by atoms with Crippen molar-refractivity contribution in [2.45, 2.75) is 29.4 Å². The van der Waals surface area contributed by atoms with Gasteiger partial charge in [0.2, 0.25) is 0 Å². The highest BCUT2D eigenvalue weighted by atomic mass is 32.2. The molecule has 0 aliphatic heterocycles. The minimum absolute atomic E-state index is 0.161. The first kappa shape index (κ1) is 14.8. The summed E-state index contributed by atoms with van der Waals surface area (Å²) in [5, 5.41) is -1.16. The maximum atomic E-state index is 12.7. The summed E-state index contributed by atoms with van der Waals surface area (Å²) in [6.45, 7) is 0. The Bertz CT molecular complexity index is 590. The minimum atomic E-state index is -3.74. The Morgan fingerprint density at radius 1 is 1.30 bits per heavy atom. The molecule has 1 aliphatic carbocycles. The van der Waals surface area contributed by atoms with E-state index in [-0.39, 0.29) is 10.8 Å². The number of hydrogen-bond donors (Lipinski definition) is 0. The van der Waals surface area contributed by atoms with Crippen LogP contribution >= 0.6 is 0 Å². The lowest BCUT2D eigenvalue weighted by molar-refractivity contribution is -0.140. The van der Waals surface area contributed by atoms with Gasteiger partial charge in [0.25, 0.3) is 0 Å². The van der Waals surface area contributed by atoms with Crippen molar-refractivity contribution < 1.29 is 17.9 Å². The first-order valence-corrected chi connectivity index (χ1v) is 8.15. The van der Waals surface area contributed by atoms with Crippen LogP contribution in [0.2, 0.25) is 0 Å². The molecule has 0 N–H and O–H groups in total. The first-order valence-electron chi connectivity index (χ1n) is 6.61. The van der Waals surface area contributed by atoms with Gasteiger partial charge in [-0.15, -0.1) is 0 Å². The molecule has 0 spiro atoms. The molecule has 2 rings (SSSR count). The zero-order valence-electron chi connectivity index (χ0n) is 11.4. The summed E-state index contributed by atoms with van der Waals surface area (Å²) in [7, 11) is -2.51. The molecule has 0 bridgehead atoms. The minimum Gasteiger partial charge on any atom is -0.468 e. The molecule has 1 aromatic carbocycles. The maximum Gasteiger partial charge on any atom is 0.325 e. The Morgan fingerprint density at radius 3 is 2.55 bits per heavy atom. The van der Waals surface area contributed by atoms with Crippen LogP contribution in [0.4, 0.5) is 0 Å². The molecule has 0 saturated heterocycles. The lowest BCUT2D eigenvalue weighted by Gasteiger charge is -2.24. The molecule has 2 atom stereocenters. The van der Waals surface area contributed by atoms with Crippen LogP contribution in [0.15, 0.2) is 47.4 Å². The summed E-state index contributed by atoms with van der Waals surface area (Å²) in [5.74, 6) is -1.01. The standard InChI is InChI=1S/C15H18O4S/c1-19-15(16)14(12-8-4-2-5-9-12)20(17,18)13-10-6-3-7-11-13/h3-4,6-8,10-12,14H,2,5,9H2,1H3. The van der Waals surface area contributed by atoms with Gasteiger partial charge in [-0.2, -0.15) is 0 Å². The molecule has 1 aliphatic rings. The number of hydrogen-bond acceptors (Lipinski definition) is 4. The van der Waals surface area contributed by atoms with Crippen molar-refractivity contribution in [2.75, 3.05) is 7.11 Å². The number of sulfone groups is 1. The van der Waals surface area contributed by atoms with Crippen LogP contribution in [-0.4, -0.2) is 26.7 Å². The second kappa shape index (κ2) is 6.22. The average molecular weight is 294 g/mol. The number of carbonyl (C=O) groups excluding carboxylic acids is 1. The molecule has 108 valence electrons. The summed E-state index contributed by atoms with van der Waals surface area (Å²) in [6, 6.07) is 8.07. The van der Waals surface area contributed by atoms with Crippen LogP contribution in [0, 0.1) is 5.92 Å². The first-order chi connectivity index (χ1) is 9.57. The van der Waals surface area contributed by atoms with Crippen molar-refractivity contribution in [3.63, 3.8) is 0 Å². The zero-order valence-corrected chi connectivity index (χ0v) is 12.2. The number of carbonyl (C=O) groups is 1. The smallest absolute Gasteiger partial charge is 0.325 e. The zero-order chi connectivity index (χ0) is 14.6. The van der Waals surface area contributed by atoms with E-state index in [1.54, 1.807) is 18.2 Å². The average Bonchev–Trinajstić information content (AvgIpc) is 2.49. The second-order valence-electron chi connectivity index (χ2n) is 4.82. The number of ether oxygens (including phenoxy) is 1. The number of allylic oxidation sites excluding steroid dienone is 2. The Labute approximate surface area is 119 Å². The van der Waals surface area contributed by atoms with E-state index in [2.05, 4.69) is 0 Å². The van der Waals surface area contributed by atoms with E-state index < -0.39 is 21.1 Å². The quantitative estimate of drug-likeness (QED) is 0.632. The summed E-state index contributed by atoms with van der Waals surface area (Å²) in [4.78, 5) is 12.2. The summed E-state index contributed by atoms with van der Waals surface area (Å²) >= 11 is 0. The molecule has 0 saturated carbocycles. The fourth-order valence-electron chi connectivity index (χ4n) is 2.50. The molecule has 4 nitrogen and oxygen atoms in total. The van der Waals surface area contributed by atoms with E-state index in [1.165, 1.54) is 19.2 Å². The van der Waals surface area contributed by atoms with Crippen LogP contribution in [0.25, 0.3) is 0 Å². The highest BCUT2D eigenvalue weighted by Gasteiger charge is 2.40. The predicted molar refractivity (Wildman–Crippen MR) is 75.9 cm³/mol. The second-order valence-corrected chi connectivity index (χ2v) is 6.89. The Kier molecular flexibility index (Phi) is 4.60. The van der Waals surface area contributed by atoms with Gasteiger partial charge in [0, 0.05) is 5.92 Å². The largest absolute Gasteiger partial charge is 0.468 e. The lowest BCUT2D eigenvalue weighted by atomic mass is 9.93. The lowest BCUT2D eigenvalue weighted by Crippen LogP contribution is -2.38. The third-order valence-corrected chi connectivity index (χ3v) is 5.66. The highest BCUT2D eigenvalue weighted by Crippen LogP contribution is 2.29. The van der Waals surface area contributed by atoms with Gasteiger partial charge in [-0.05, 0) is 31.4 Å². The molecular formula is C15H18O4S. The van der Waals surface area contributed by atoms with Crippen molar-refractivity contribution >= 4 is 15.8 Å². The highest BCUT2D eigenvalue weighted by molar-refractivity contribution is 7.92. The summed E-state index contributed by atoms with van der Waals surface area (Å²) < 4.78 is 30.1.